The summed E-state index contributed by atoms with van der Waals surface area (Å²) < 4.78 is 37.6. The van der Waals surface area contributed by atoms with Crippen molar-refractivity contribution >= 4 is 22.5 Å². The van der Waals surface area contributed by atoms with Gasteiger partial charge in [-0.15, -0.1) is 0 Å². The van der Waals surface area contributed by atoms with Crippen LogP contribution in [0, 0.1) is 0 Å². The minimum atomic E-state index is -0.840. The fourth-order valence-corrected chi connectivity index (χ4v) is 5.22. The number of carbonyl (C=O) groups is 1. The van der Waals surface area contributed by atoms with E-state index in [9.17, 15) is 4.79 Å². The molecule has 0 radical (unpaired) electrons. The van der Waals surface area contributed by atoms with Crippen molar-refractivity contribution < 1.29 is 33.2 Å². The second-order valence-electron chi connectivity index (χ2n) is 10.9. The van der Waals surface area contributed by atoms with Gasteiger partial charge in [-0.2, -0.15) is 5.10 Å². The van der Waals surface area contributed by atoms with Crippen LogP contribution in [0.25, 0.3) is 10.9 Å². The number of amides is 1. The third-order valence-corrected chi connectivity index (χ3v) is 7.07. The topological polar surface area (TPSA) is 102 Å². The van der Waals surface area contributed by atoms with Gasteiger partial charge in [-0.05, 0) is 57.5 Å². The number of hydrogen-bond acceptors (Lipinski definition) is 8. The molecular weight excluding hydrogens is 502 g/mol. The molecule has 2 aromatic carbocycles. The molecule has 4 unspecified atom stereocenters. The van der Waals surface area contributed by atoms with Crippen LogP contribution in [-0.2, 0) is 37.3 Å². The highest BCUT2D eigenvalue weighted by Gasteiger charge is 2.56. The number of aromatic nitrogens is 1. The Morgan fingerprint density at radius 1 is 1.03 bits per heavy atom. The van der Waals surface area contributed by atoms with Crippen LogP contribution in [-0.4, -0.2) is 59.0 Å². The highest BCUT2D eigenvalue weighted by Crippen LogP contribution is 2.39. The van der Waals surface area contributed by atoms with E-state index in [1.807, 2.05) is 93.9 Å². The van der Waals surface area contributed by atoms with Crippen molar-refractivity contribution in [3.63, 3.8) is 0 Å². The highest BCUT2D eigenvalue weighted by molar-refractivity contribution is 6.01. The van der Waals surface area contributed by atoms with E-state index in [4.69, 9.17) is 28.4 Å². The van der Waals surface area contributed by atoms with E-state index in [-0.39, 0.29) is 5.91 Å². The van der Waals surface area contributed by atoms with E-state index < -0.39 is 36.2 Å². The highest BCUT2D eigenvalue weighted by atomic mass is 16.8. The van der Waals surface area contributed by atoms with Crippen LogP contribution in [0.15, 0.2) is 59.7 Å². The first-order chi connectivity index (χ1) is 18.6. The molecule has 39 heavy (non-hydrogen) atoms. The molecule has 6 rings (SSSR count). The molecule has 0 aliphatic carbocycles. The molecule has 1 amide bonds. The second-order valence-corrected chi connectivity index (χ2v) is 10.9. The van der Waals surface area contributed by atoms with Gasteiger partial charge in [-0.3, -0.25) is 4.79 Å². The maximum Gasteiger partial charge on any atom is 0.287 e. The van der Waals surface area contributed by atoms with Crippen LogP contribution in [0.2, 0.25) is 0 Å². The summed E-state index contributed by atoms with van der Waals surface area (Å²) >= 11 is 0. The van der Waals surface area contributed by atoms with Gasteiger partial charge in [-0.25, -0.2) is 5.43 Å². The number of aryl methyl sites for hydroxylation is 1. The molecule has 3 aromatic rings. The van der Waals surface area contributed by atoms with Crippen molar-refractivity contribution in [3.8, 4) is 5.75 Å². The molecule has 10 nitrogen and oxygen atoms in total. The monoisotopic (exact) mass is 535 g/mol. The summed E-state index contributed by atoms with van der Waals surface area (Å²) in [7, 11) is 1.84. The largest absolute Gasteiger partial charge is 0.489 e. The normalized spacial score (nSPS) is 28.2. The number of benzene rings is 2. The maximum atomic E-state index is 13.3. The van der Waals surface area contributed by atoms with Crippen molar-refractivity contribution in [2.45, 2.75) is 70.5 Å². The van der Waals surface area contributed by atoms with E-state index in [0.29, 0.717) is 24.6 Å². The lowest BCUT2D eigenvalue weighted by Crippen LogP contribution is -2.41. The van der Waals surface area contributed by atoms with Gasteiger partial charge < -0.3 is 33.0 Å². The third-order valence-electron chi connectivity index (χ3n) is 7.07. The van der Waals surface area contributed by atoms with Crippen molar-refractivity contribution in [2.24, 2.45) is 12.1 Å². The molecule has 4 heterocycles. The van der Waals surface area contributed by atoms with Gasteiger partial charge in [0.1, 0.15) is 36.0 Å². The Balaban J connectivity index is 1.21. The van der Waals surface area contributed by atoms with Crippen LogP contribution in [0.1, 0.15) is 43.7 Å². The average Bonchev–Trinajstić information content (AvgIpc) is 3.61. The Hall–Kier alpha value is -3.28. The predicted octanol–water partition coefficient (Wildman–Crippen LogP) is 3.87. The summed E-state index contributed by atoms with van der Waals surface area (Å²) in [4.78, 5) is 13.3. The Bertz CT molecular complexity index is 1420. The number of hydrogen-bond donors (Lipinski definition) is 1. The zero-order valence-electron chi connectivity index (χ0n) is 22.7. The summed E-state index contributed by atoms with van der Waals surface area (Å²) in [6, 6.07) is 17.6. The number of rotatable bonds is 6. The fraction of sp³-hybridized carbons (Fsp3) is 0.448. The zero-order chi connectivity index (χ0) is 27.4. The number of nitrogens with one attached hydrogen (secondary N) is 1. The standard InChI is InChI=1S/C29H33N3O7/c1-28(2)35-16-22(37-28)24-23(25-27(36-24)39-29(3,4)38-25)30-31-26(33)21-14-18-13-19(11-12-20(18)32(21)5)34-15-17-9-7-6-8-10-17/h6-14,22,24-25,27H,15-16H2,1-5H3,(H,31,33). The summed E-state index contributed by atoms with van der Waals surface area (Å²) in [5.41, 5.74) is 5.64. The van der Waals surface area contributed by atoms with Gasteiger partial charge >= 0.3 is 0 Å². The van der Waals surface area contributed by atoms with Gasteiger partial charge in [-0.1, -0.05) is 30.3 Å². The van der Waals surface area contributed by atoms with Gasteiger partial charge in [0.15, 0.2) is 24.0 Å². The van der Waals surface area contributed by atoms with Crippen LogP contribution in [0.3, 0.4) is 0 Å². The molecule has 10 heteroatoms. The first-order valence-electron chi connectivity index (χ1n) is 13.1. The number of fused-ring (bicyclic) bond motifs is 2. The van der Waals surface area contributed by atoms with Crippen molar-refractivity contribution in [2.75, 3.05) is 6.61 Å². The van der Waals surface area contributed by atoms with E-state index in [2.05, 4.69) is 10.5 Å². The number of ether oxygens (including phenoxy) is 6. The van der Waals surface area contributed by atoms with Crippen molar-refractivity contribution in [3.05, 3.63) is 65.9 Å². The lowest BCUT2D eigenvalue weighted by molar-refractivity contribution is -0.211. The first-order valence-corrected chi connectivity index (χ1v) is 13.1. The maximum absolute atomic E-state index is 13.3. The number of nitrogens with zero attached hydrogens (tertiary/aromatic N) is 2. The SMILES string of the molecule is Cn1c(C(=O)NN=C2C(C3COC(C)(C)O3)OC3OC(C)(C)OC23)cc2cc(OCc3ccccc3)ccc21. The molecule has 1 aromatic heterocycles. The Morgan fingerprint density at radius 2 is 1.82 bits per heavy atom. The lowest BCUT2D eigenvalue weighted by Gasteiger charge is -2.24. The molecule has 4 atom stereocenters. The molecule has 3 aliphatic rings. The lowest BCUT2D eigenvalue weighted by atomic mass is 10.1. The predicted molar refractivity (Wildman–Crippen MR) is 142 cm³/mol. The molecule has 0 bridgehead atoms. The molecule has 206 valence electrons. The van der Waals surface area contributed by atoms with E-state index in [1.54, 1.807) is 0 Å². The molecular formula is C29H33N3O7. The second kappa shape index (κ2) is 9.72. The summed E-state index contributed by atoms with van der Waals surface area (Å²) in [6.45, 7) is 8.10. The number of carbonyl (C=O) groups excluding carboxylic acids is 1. The van der Waals surface area contributed by atoms with E-state index in [0.717, 1.165) is 22.2 Å². The summed E-state index contributed by atoms with van der Waals surface area (Å²) in [5, 5.41) is 5.37. The molecule has 0 saturated carbocycles. The van der Waals surface area contributed by atoms with E-state index in [1.165, 1.54) is 0 Å². The molecule has 3 aliphatic heterocycles. The van der Waals surface area contributed by atoms with Crippen LogP contribution >= 0.6 is 0 Å². The minimum absolute atomic E-state index is 0.325. The Labute approximate surface area is 226 Å². The number of hydrazone groups is 1. The smallest absolute Gasteiger partial charge is 0.287 e. The minimum Gasteiger partial charge on any atom is -0.489 e. The summed E-state index contributed by atoms with van der Waals surface area (Å²) in [5.74, 6) is -1.22. The third kappa shape index (κ3) is 5.18. The van der Waals surface area contributed by atoms with Crippen molar-refractivity contribution in [1.29, 1.82) is 0 Å². The van der Waals surface area contributed by atoms with Gasteiger partial charge in [0, 0.05) is 18.0 Å². The molecule has 3 saturated heterocycles. The average molecular weight is 536 g/mol. The van der Waals surface area contributed by atoms with Crippen LogP contribution in [0.4, 0.5) is 0 Å². The van der Waals surface area contributed by atoms with Gasteiger partial charge in [0.05, 0.1) is 6.61 Å². The van der Waals surface area contributed by atoms with Gasteiger partial charge in [0.2, 0.25) is 0 Å². The van der Waals surface area contributed by atoms with Gasteiger partial charge in [0.25, 0.3) is 5.91 Å². The van der Waals surface area contributed by atoms with Crippen molar-refractivity contribution in [1.82, 2.24) is 9.99 Å². The molecule has 3 fully saturated rings. The van der Waals surface area contributed by atoms with E-state index >= 15 is 0 Å². The quantitative estimate of drug-likeness (QED) is 0.478. The molecule has 0 spiro atoms. The summed E-state index contributed by atoms with van der Waals surface area (Å²) in [6.07, 6.45) is -2.23. The fourth-order valence-electron chi connectivity index (χ4n) is 5.22. The first kappa shape index (κ1) is 26.0. The molecule has 1 N–H and O–H groups in total. The zero-order valence-corrected chi connectivity index (χ0v) is 22.7. The van der Waals surface area contributed by atoms with Crippen LogP contribution < -0.4 is 10.2 Å². The Morgan fingerprint density at radius 3 is 2.56 bits per heavy atom. The van der Waals surface area contributed by atoms with Crippen LogP contribution in [0.5, 0.6) is 5.75 Å². The Kier molecular flexibility index (Phi) is 6.47.